The number of allylic oxidation sites excluding steroid dienone is 1. The van der Waals surface area contributed by atoms with Crippen LogP contribution in [0.2, 0.25) is 5.82 Å². The topological polar surface area (TPSA) is 45.8 Å². The fraction of sp³-hybridized carbons (Fsp3) is 0.895. The largest absolute Gasteiger partial charge is 0.465 e. The second-order valence-electron chi connectivity index (χ2n) is 9.21. The first-order valence-corrected chi connectivity index (χ1v) is 9.92. The molecule has 5 nitrogen and oxygen atoms in total. The van der Waals surface area contributed by atoms with Crippen LogP contribution in [0, 0.1) is 5.92 Å². The Morgan fingerprint density at radius 2 is 1.80 bits per heavy atom. The second-order valence-corrected chi connectivity index (χ2v) is 9.21. The van der Waals surface area contributed by atoms with Crippen LogP contribution < -0.4 is 10.6 Å². The summed E-state index contributed by atoms with van der Waals surface area (Å²) in [7, 11) is 4.06. The molecule has 2 fully saturated rings. The van der Waals surface area contributed by atoms with Gasteiger partial charge in [0.15, 0.2) is 0 Å². The van der Waals surface area contributed by atoms with E-state index >= 15 is 0 Å². The molecule has 3 rings (SSSR count). The number of likely N-dealkylation sites (N-methyl/N-ethyl adjacent to an activating group) is 1. The molecule has 25 heavy (non-hydrogen) atoms. The van der Waals surface area contributed by atoms with Gasteiger partial charge in [-0.3, -0.25) is 0 Å². The third-order valence-electron chi connectivity index (χ3n) is 6.47. The summed E-state index contributed by atoms with van der Waals surface area (Å²) in [5.74, 6) is 2.07. The first-order valence-electron chi connectivity index (χ1n) is 9.92. The van der Waals surface area contributed by atoms with Crippen molar-refractivity contribution in [3.63, 3.8) is 0 Å². The van der Waals surface area contributed by atoms with Crippen LogP contribution >= 0.6 is 0 Å². The zero-order valence-electron chi connectivity index (χ0n) is 16.9. The number of hydrogen-bond donors (Lipinski definition) is 2. The zero-order chi connectivity index (χ0) is 18.2. The van der Waals surface area contributed by atoms with Crippen molar-refractivity contribution in [2.75, 3.05) is 27.2 Å². The van der Waals surface area contributed by atoms with E-state index in [-0.39, 0.29) is 18.3 Å². The quantitative estimate of drug-likeness (QED) is 0.747. The molecule has 2 aliphatic heterocycles. The van der Waals surface area contributed by atoms with Crippen LogP contribution in [0.25, 0.3) is 0 Å². The van der Waals surface area contributed by atoms with E-state index in [2.05, 4.69) is 63.4 Å². The SMILES string of the molecule is CN(C)CCNC1=CC(B2OC(C)(C)C(C)(C)O2)C2CCCC[C@@H]2N1. The number of nitrogens with zero attached hydrogens (tertiary/aromatic N) is 1. The molecule has 3 atom stereocenters. The molecule has 0 radical (unpaired) electrons. The summed E-state index contributed by atoms with van der Waals surface area (Å²) < 4.78 is 12.8. The fourth-order valence-corrected chi connectivity index (χ4v) is 4.21. The molecule has 0 aromatic rings. The minimum absolute atomic E-state index is 0.150. The summed E-state index contributed by atoms with van der Waals surface area (Å²) >= 11 is 0. The van der Waals surface area contributed by atoms with Gasteiger partial charge in [0.05, 0.1) is 17.0 Å². The lowest BCUT2D eigenvalue weighted by Gasteiger charge is -2.42. The highest BCUT2D eigenvalue weighted by Gasteiger charge is 2.56. The van der Waals surface area contributed by atoms with E-state index in [4.69, 9.17) is 9.31 Å². The highest BCUT2D eigenvalue weighted by atomic mass is 16.7. The number of nitrogens with one attached hydrogen (secondary N) is 2. The normalized spacial score (nSPS) is 33.6. The Balaban J connectivity index is 1.76. The van der Waals surface area contributed by atoms with Crippen molar-refractivity contribution in [2.45, 2.75) is 76.4 Å². The van der Waals surface area contributed by atoms with E-state index in [1.807, 2.05) is 0 Å². The minimum atomic E-state index is -0.265. The van der Waals surface area contributed by atoms with E-state index in [0.717, 1.165) is 18.9 Å². The van der Waals surface area contributed by atoms with Gasteiger partial charge >= 0.3 is 7.12 Å². The van der Waals surface area contributed by atoms with Gasteiger partial charge in [0, 0.05) is 24.9 Å². The van der Waals surface area contributed by atoms with Crippen molar-refractivity contribution in [3.8, 4) is 0 Å². The number of rotatable bonds is 5. The number of fused-ring (bicyclic) bond motifs is 1. The second kappa shape index (κ2) is 7.13. The molecule has 0 amide bonds. The van der Waals surface area contributed by atoms with Crippen LogP contribution in [-0.2, 0) is 9.31 Å². The van der Waals surface area contributed by atoms with Gasteiger partial charge in [-0.1, -0.05) is 12.8 Å². The van der Waals surface area contributed by atoms with Crippen LogP contribution in [0.3, 0.4) is 0 Å². The average Bonchev–Trinajstić information content (AvgIpc) is 2.74. The van der Waals surface area contributed by atoms with Gasteiger partial charge in [-0.05, 0) is 66.6 Å². The first kappa shape index (κ1) is 19.1. The van der Waals surface area contributed by atoms with Crippen molar-refractivity contribution >= 4 is 7.12 Å². The average molecular weight is 349 g/mol. The van der Waals surface area contributed by atoms with E-state index in [1.54, 1.807) is 0 Å². The van der Waals surface area contributed by atoms with Crippen molar-refractivity contribution in [3.05, 3.63) is 11.9 Å². The smallest absolute Gasteiger partial charge is 0.403 e. The predicted molar refractivity (Wildman–Crippen MR) is 103 cm³/mol. The predicted octanol–water partition coefficient (Wildman–Crippen LogP) is 2.60. The van der Waals surface area contributed by atoms with Gasteiger partial charge < -0.3 is 24.8 Å². The van der Waals surface area contributed by atoms with Crippen molar-refractivity contribution in [2.24, 2.45) is 5.92 Å². The Labute approximate surface area is 154 Å². The zero-order valence-corrected chi connectivity index (χ0v) is 16.9. The standard InChI is InChI=1S/C19H36BN3O2/c1-18(2)19(3,4)25-20(24-18)15-13-17(21-11-12-23(5)6)22-16-10-8-7-9-14(15)16/h13-16,21-22H,7-12H2,1-6H3/t14?,15?,16-/m0/s1. The lowest BCUT2D eigenvalue weighted by atomic mass is 9.58. The molecular weight excluding hydrogens is 313 g/mol. The molecule has 1 saturated heterocycles. The Hall–Kier alpha value is -0.715. The Kier molecular flexibility index (Phi) is 5.43. The molecule has 2 unspecified atom stereocenters. The molecule has 3 aliphatic rings. The maximum absolute atomic E-state index is 6.41. The minimum Gasteiger partial charge on any atom is -0.403 e. The lowest BCUT2D eigenvalue weighted by Crippen LogP contribution is -2.50. The van der Waals surface area contributed by atoms with E-state index < -0.39 is 0 Å². The molecule has 1 saturated carbocycles. The highest BCUT2D eigenvalue weighted by Crippen LogP contribution is 2.46. The van der Waals surface area contributed by atoms with Gasteiger partial charge in [0.2, 0.25) is 0 Å². The molecule has 0 aromatic carbocycles. The van der Waals surface area contributed by atoms with Crippen LogP contribution in [0.5, 0.6) is 0 Å². The van der Waals surface area contributed by atoms with Crippen molar-refractivity contribution < 1.29 is 9.31 Å². The van der Waals surface area contributed by atoms with E-state index in [1.165, 1.54) is 25.7 Å². The van der Waals surface area contributed by atoms with Crippen molar-refractivity contribution in [1.82, 2.24) is 15.5 Å². The summed E-state index contributed by atoms with van der Waals surface area (Å²) in [4.78, 5) is 2.20. The third-order valence-corrected chi connectivity index (χ3v) is 6.47. The highest BCUT2D eigenvalue weighted by molar-refractivity contribution is 6.48. The molecule has 142 valence electrons. The van der Waals surface area contributed by atoms with Gasteiger partial charge in [0.25, 0.3) is 0 Å². The Bertz CT molecular complexity index is 491. The molecule has 0 bridgehead atoms. The first-order chi connectivity index (χ1) is 11.7. The Morgan fingerprint density at radius 3 is 2.44 bits per heavy atom. The van der Waals surface area contributed by atoms with Crippen LogP contribution in [0.15, 0.2) is 11.9 Å². The fourth-order valence-electron chi connectivity index (χ4n) is 4.21. The van der Waals surface area contributed by atoms with Gasteiger partial charge in [-0.15, -0.1) is 0 Å². The van der Waals surface area contributed by atoms with Crippen molar-refractivity contribution in [1.29, 1.82) is 0 Å². The monoisotopic (exact) mass is 349 g/mol. The molecular formula is C19H36BN3O2. The van der Waals surface area contributed by atoms with Crippen LogP contribution in [0.1, 0.15) is 53.4 Å². The summed E-state index contributed by atoms with van der Waals surface area (Å²) in [6.07, 6.45) is 7.47. The molecule has 1 aliphatic carbocycles. The van der Waals surface area contributed by atoms with Gasteiger partial charge in [-0.25, -0.2) is 0 Å². The van der Waals surface area contributed by atoms with Gasteiger partial charge in [0.1, 0.15) is 0 Å². The van der Waals surface area contributed by atoms with Crippen LogP contribution in [0.4, 0.5) is 0 Å². The lowest BCUT2D eigenvalue weighted by molar-refractivity contribution is 0.00578. The maximum Gasteiger partial charge on any atom is 0.465 e. The Morgan fingerprint density at radius 1 is 1.16 bits per heavy atom. The molecule has 2 N–H and O–H groups in total. The summed E-state index contributed by atoms with van der Waals surface area (Å²) in [5, 5.41) is 7.32. The third kappa shape index (κ3) is 4.01. The van der Waals surface area contributed by atoms with Gasteiger partial charge in [-0.2, -0.15) is 0 Å². The molecule has 2 heterocycles. The van der Waals surface area contributed by atoms with Crippen LogP contribution in [-0.4, -0.2) is 56.4 Å². The number of hydrogen-bond acceptors (Lipinski definition) is 5. The molecule has 0 spiro atoms. The summed E-state index contributed by atoms with van der Waals surface area (Å²) in [6, 6.07) is 0.532. The molecule has 6 heteroatoms. The van der Waals surface area contributed by atoms with E-state index in [9.17, 15) is 0 Å². The maximum atomic E-state index is 6.41. The summed E-state index contributed by atoms with van der Waals surface area (Å²) in [6.45, 7) is 10.5. The van der Waals surface area contributed by atoms with E-state index in [0.29, 0.717) is 17.8 Å². The summed E-state index contributed by atoms with van der Waals surface area (Å²) in [5.41, 5.74) is -0.530. The molecule has 0 aromatic heterocycles.